The van der Waals surface area contributed by atoms with Gasteiger partial charge < -0.3 is 10.3 Å². The summed E-state index contributed by atoms with van der Waals surface area (Å²) in [4.78, 5) is 7.22. The minimum atomic E-state index is -0.246. The second kappa shape index (κ2) is 4.87. The average Bonchev–Trinajstić information content (AvgIpc) is 2.68. The van der Waals surface area contributed by atoms with Gasteiger partial charge in [0, 0.05) is 11.4 Å². The molecule has 0 radical (unpaired) electrons. The van der Waals surface area contributed by atoms with Crippen molar-refractivity contribution in [3.63, 3.8) is 0 Å². The molecule has 17 heavy (non-hydrogen) atoms. The van der Waals surface area contributed by atoms with E-state index >= 15 is 0 Å². The largest absolute Gasteiger partial charge is 0.379 e. The Morgan fingerprint density at radius 2 is 2.18 bits per heavy atom. The van der Waals surface area contributed by atoms with E-state index in [1.807, 2.05) is 13.8 Å². The highest BCUT2D eigenvalue weighted by Gasteiger charge is 2.06. The molecule has 0 fully saturated rings. The van der Waals surface area contributed by atoms with Crippen LogP contribution in [0.2, 0.25) is 0 Å². The molecule has 1 aromatic heterocycles. The maximum absolute atomic E-state index is 13.2. The number of aromatic amines is 1. The van der Waals surface area contributed by atoms with Gasteiger partial charge in [0.2, 0.25) is 0 Å². The van der Waals surface area contributed by atoms with E-state index in [0.29, 0.717) is 11.0 Å². The number of H-pyrrole nitrogens is 1. The molecule has 0 saturated carbocycles. The van der Waals surface area contributed by atoms with Gasteiger partial charge in [-0.05, 0) is 47.5 Å². The summed E-state index contributed by atoms with van der Waals surface area (Å²) in [6.45, 7) is 4.46. The summed E-state index contributed by atoms with van der Waals surface area (Å²) >= 11 is 3.18. The number of anilines is 1. The first-order valence-electron chi connectivity index (χ1n) is 5.26. The summed E-state index contributed by atoms with van der Waals surface area (Å²) in [6.07, 6.45) is 1.67. The molecular weight excluding hydrogens is 285 g/mol. The van der Waals surface area contributed by atoms with Gasteiger partial charge in [0.25, 0.3) is 0 Å². The van der Waals surface area contributed by atoms with Gasteiger partial charge in [-0.25, -0.2) is 9.37 Å². The second-order valence-electron chi connectivity index (χ2n) is 3.91. The first kappa shape index (κ1) is 12.1. The number of nitrogens with one attached hydrogen (secondary N) is 2. The number of hydrogen-bond donors (Lipinski definition) is 2. The number of benzene rings is 1. The molecule has 0 aliphatic rings. The van der Waals surface area contributed by atoms with Crippen molar-refractivity contribution < 1.29 is 4.39 Å². The van der Waals surface area contributed by atoms with Gasteiger partial charge >= 0.3 is 0 Å². The molecule has 0 unspecified atom stereocenters. The van der Waals surface area contributed by atoms with E-state index in [1.54, 1.807) is 12.4 Å². The van der Waals surface area contributed by atoms with Gasteiger partial charge in [-0.15, -0.1) is 0 Å². The van der Waals surface area contributed by atoms with E-state index in [-0.39, 0.29) is 5.82 Å². The first-order valence-corrected chi connectivity index (χ1v) is 6.05. The lowest BCUT2D eigenvalue weighted by Crippen LogP contribution is -2.03. The summed E-state index contributed by atoms with van der Waals surface area (Å²) in [6, 6.07) is 3.25. The van der Waals surface area contributed by atoms with E-state index < -0.39 is 0 Å². The average molecular weight is 298 g/mol. The number of aryl methyl sites for hydroxylation is 2. The van der Waals surface area contributed by atoms with Crippen LogP contribution in [0, 0.1) is 19.7 Å². The molecule has 2 N–H and O–H groups in total. The Labute approximate surface area is 108 Å². The predicted octanol–water partition coefficient (Wildman–Crippen LogP) is 3.54. The summed E-state index contributed by atoms with van der Waals surface area (Å²) in [5.41, 5.74) is 3.78. The van der Waals surface area contributed by atoms with Crippen LogP contribution in [0.1, 0.15) is 17.0 Å². The fourth-order valence-electron chi connectivity index (χ4n) is 1.58. The van der Waals surface area contributed by atoms with Crippen LogP contribution in [-0.4, -0.2) is 9.97 Å². The predicted molar refractivity (Wildman–Crippen MR) is 69.5 cm³/mol. The van der Waals surface area contributed by atoms with Gasteiger partial charge in [-0.1, -0.05) is 0 Å². The van der Waals surface area contributed by atoms with Crippen molar-refractivity contribution in [2.45, 2.75) is 20.4 Å². The Morgan fingerprint density at radius 1 is 1.41 bits per heavy atom. The third-order valence-electron chi connectivity index (χ3n) is 2.65. The third-order valence-corrected chi connectivity index (χ3v) is 3.26. The SMILES string of the molecule is Cc1cc(F)c(Br)cc1NCc1nc[nH]c1C. The molecule has 1 aromatic carbocycles. The molecule has 3 nitrogen and oxygen atoms in total. The van der Waals surface area contributed by atoms with Crippen LogP contribution >= 0.6 is 15.9 Å². The number of aromatic nitrogens is 2. The van der Waals surface area contributed by atoms with Crippen molar-refractivity contribution in [2.75, 3.05) is 5.32 Å². The number of rotatable bonds is 3. The summed E-state index contributed by atoms with van der Waals surface area (Å²) < 4.78 is 13.7. The lowest BCUT2D eigenvalue weighted by molar-refractivity contribution is 0.620. The standard InChI is InChI=1S/C12H13BrFN3/c1-7-3-10(14)9(13)4-11(7)15-5-12-8(2)16-6-17-12/h3-4,6,15H,5H2,1-2H3,(H,16,17). The van der Waals surface area contributed by atoms with Gasteiger partial charge in [0.15, 0.2) is 0 Å². The van der Waals surface area contributed by atoms with Gasteiger partial charge in [-0.2, -0.15) is 0 Å². The molecule has 0 saturated heterocycles. The molecule has 1 heterocycles. The van der Waals surface area contributed by atoms with Crippen molar-refractivity contribution in [3.8, 4) is 0 Å². The minimum Gasteiger partial charge on any atom is -0.379 e. The van der Waals surface area contributed by atoms with Crippen LogP contribution in [-0.2, 0) is 6.54 Å². The van der Waals surface area contributed by atoms with Gasteiger partial charge in [0.05, 0.1) is 23.0 Å². The fourth-order valence-corrected chi connectivity index (χ4v) is 1.92. The van der Waals surface area contributed by atoms with Crippen LogP contribution in [0.25, 0.3) is 0 Å². The molecule has 2 aromatic rings. The summed E-state index contributed by atoms with van der Waals surface area (Å²) in [7, 11) is 0. The van der Waals surface area contributed by atoms with Crippen molar-refractivity contribution in [3.05, 3.63) is 45.7 Å². The molecule has 2 rings (SSSR count). The quantitative estimate of drug-likeness (QED) is 0.910. The number of hydrogen-bond acceptors (Lipinski definition) is 2. The van der Waals surface area contributed by atoms with Crippen LogP contribution in [0.3, 0.4) is 0 Å². The Hall–Kier alpha value is -1.36. The van der Waals surface area contributed by atoms with E-state index in [0.717, 1.165) is 22.6 Å². The van der Waals surface area contributed by atoms with Crippen molar-refractivity contribution in [2.24, 2.45) is 0 Å². The smallest absolute Gasteiger partial charge is 0.137 e. The number of nitrogens with zero attached hydrogens (tertiary/aromatic N) is 1. The molecule has 0 atom stereocenters. The zero-order chi connectivity index (χ0) is 12.4. The molecule has 0 bridgehead atoms. The van der Waals surface area contributed by atoms with E-state index in [9.17, 15) is 4.39 Å². The van der Waals surface area contributed by atoms with Crippen molar-refractivity contribution in [1.82, 2.24) is 9.97 Å². The highest BCUT2D eigenvalue weighted by atomic mass is 79.9. The molecule has 90 valence electrons. The molecule has 5 heteroatoms. The normalized spacial score (nSPS) is 10.6. The molecule has 0 aliphatic carbocycles. The molecule has 0 aliphatic heterocycles. The number of halogens is 2. The van der Waals surface area contributed by atoms with E-state index in [1.165, 1.54) is 6.07 Å². The fraction of sp³-hybridized carbons (Fsp3) is 0.250. The van der Waals surface area contributed by atoms with Crippen LogP contribution in [0.4, 0.5) is 10.1 Å². The van der Waals surface area contributed by atoms with Crippen LogP contribution in [0.5, 0.6) is 0 Å². The number of imidazole rings is 1. The maximum atomic E-state index is 13.2. The van der Waals surface area contributed by atoms with E-state index in [4.69, 9.17) is 0 Å². The summed E-state index contributed by atoms with van der Waals surface area (Å²) in [5, 5.41) is 3.25. The zero-order valence-corrected chi connectivity index (χ0v) is 11.2. The van der Waals surface area contributed by atoms with Crippen LogP contribution in [0.15, 0.2) is 22.9 Å². The van der Waals surface area contributed by atoms with Gasteiger partial charge in [0.1, 0.15) is 5.82 Å². The molecule has 0 spiro atoms. The van der Waals surface area contributed by atoms with Crippen molar-refractivity contribution in [1.29, 1.82) is 0 Å². The highest BCUT2D eigenvalue weighted by Crippen LogP contribution is 2.24. The Bertz CT molecular complexity index is 537. The Morgan fingerprint density at radius 3 is 2.82 bits per heavy atom. The van der Waals surface area contributed by atoms with Gasteiger partial charge in [-0.3, -0.25) is 0 Å². The third kappa shape index (κ3) is 2.66. The molecule has 0 amide bonds. The Balaban J connectivity index is 2.14. The van der Waals surface area contributed by atoms with Crippen LogP contribution < -0.4 is 5.32 Å². The summed E-state index contributed by atoms with van der Waals surface area (Å²) in [5.74, 6) is -0.246. The monoisotopic (exact) mass is 297 g/mol. The van der Waals surface area contributed by atoms with Crippen molar-refractivity contribution >= 4 is 21.6 Å². The second-order valence-corrected chi connectivity index (χ2v) is 4.76. The first-order chi connectivity index (χ1) is 8.08. The minimum absolute atomic E-state index is 0.246. The maximum Gasteiger partial charge on any atom is 0.137 e. The molecular formula is C12H13BrFN3. The Kier molecular flexibility index (Phi) is 3.47. The zero-order valence-electron chi connectivity index (χ0n) is 9.64. The lowest BCUT2D eigenvalue weighted by atomic mass is 10.2. The lowest BCUT2D eigenvalue weighted by Gasteiger charge is -2.10. The van der Waals surface area contributed by atoms with E-state index in [2.05, 4.69) is 31.2 Å². The topological polar surface area (TPSA) is 40.7 Å². The highest BCUT2D eigenvalue weighted by molar-refractivity contribution is 9.10.